The summed E-state index contributed by atoms with van der Waals surface area (Å²) in [5, 5.41) is 10.7. The van der Waals surface area contributed by atoms with Crippen molar-refractivity contribution < 1.29 is 80.2 Å². The van der Waals surface area contributed by atoms with E-state index in [1.807, 2.05) is 0 Å². The van der Waals surface area contributed by atoms with Gasteiger partial charge in [0.1, 0.15) is 19.3 Å². The molecular formula is C85H166O17P2. The van der Waals surface area contributed by atoms with Crippen molar-refractivity contribution in [2.24, 2.45) is 11.8 Å². The SMILES string of the molecule is CCCCCCCCCCCCCCCCCCC(=O)O[C@H](COC(=O)CCCCCCCCCCCCCCC)COP(=O)(O)OC[C@H](O)COP(=O)(O)OC[C@@H](COC(=O)CCCCCCCCCCCCCCCC(C)C)OC(=O)CCCCCCCCCCCCCCCCCCC(C)C. The molecule has 0 saturated carbocycles. The van der Waals surface area contributed by atoms with Crippen LogP contribution in [0.4, 0.5) is 0 Å². The van der Waals surface area contributed by atoms with Gasteiger partial charge in [-0.15, -0.1) is 0 Å². The fourth-order valence-corrected chi connectivity index (χ4v) is 14.8. The Balaban J connectivity index is 5.27. The number of esters is 4. The van der Waals surface area contributed by atoms with E-state index in [0.717, 1.165) is 102 Å². The zero-order valence-electron chi connectivity index (χ0n) is 68.3. The number of aliphatic hydroxyl groups is 1. The summed E-state index contributed by atoms with van der Waals surface area (Å²) in [6, 6.07) is 0. The van der Waals surface area contributed by atoms with Gasteiger partial charge in [0, 0.05) is 25.7 Å². The molecule has 0 aliphatic heterocycles. The first-order valence-corrected chi connectivity index (χ1v) is 47.0. The topological polar surface area (TPSA) is 237 Å². The Morgan fingerprint density at radius 2 is 0.442 bits per heavy atom. The number of hydrogen-bond donors (Lipinski definition) is 3. The highest BCUT2D eigenvalue weighted by Crippen LogP contribution is 2.45. The third-order valence-corrected chi connectivity index (χ3v) is 21.9. The molecule has 3 N–H and O–H groups in total. The first-order chi connectivity index (χ1) is 50.4. The van der Waals surface area contributed by atoms with Crippen molar-refractivity contribution in [3.63, 3.8) is 0 Å². The Morgan fingerprint density at radius 1 is 0.260 bits per heavy atom. The Hall–Kier alpha value is -1.94. The van der Waals surface area contributed by atoms with Gasteiger partial charge in [0.05, 0.1) is 26.4 Å². The summed E-state index contributed by atoms with van der Waals surface area (Å²) >= 11 is 0. The first-order valence-electron chi connectivity index (χ1n) is 44.0. The van der Waals surface area contributed by atoms with Crippen molar-refractivity contribution in [1.82, 2.24) is 0 Å². The highest BCUT2D eigenvalue weighted by molar-refractivity contribution is 7.47. The van der Waals surface area contributed by atoms with E-state index in [-0.39, 0.29) is 25.7 Å². The summed E-state index contributed by atoms with van der Waals surface area (Å²) in [5.41, 5.74) is 0. The molecule has 104 heavy (non-hydrogen) atoms. The van der Waals surface area contributed by atoms with Gasteiger partial charge in [-0.3, -0.25) is 37.3 Å². The molecule has 0 aromatic rings. The largest absolute Gasteiger partial charge is 0.472 e. The summed E-state index contributed by atoms with van der Waals surface area (Å²) in [6.45, 7) is 9.72. The Morgan fingerprint density at radius 3 is 0.654 bits per heavy atom. The van der Waals surface area contributed by atoms with E-state index in [1.165, 1.54) is 270 Å². The summed E-state index contributed by atoms with van der Waals surface area (Å²) < 4.78 is 68.9. The van der Waals surface area contributed by atoms with Gasteiger partial charge in [0.2, 0.25) is 0 Å². The van der Waals surface area contributed by atoms with Crippen LogP contribution in [0.1, 0.15) is 452 Å². The summed E-state index contributed by atoms with van der Waals surface area (Å²) in [7, 11) is -9.93. The molecule has 0 aromatic carbocycles. The number of phosphoric acid groups is 2. The standard InChI is InChI=1S/C85H166O17P2/c1-7-9-11-13-15-17-19-21-22-26-32-39-45-51-57-63-69-84(89)101-80(73-95-82(87)67-61-55-49-43-37-29-20-18-16-14-12-10-8-2)75-99-103(91,92)97-71-79(86)72-98-104(93,94)100-76-81(74-96-83(88)68-62-56-50-44-38-34-28-31-36-42-48-54-60-66-78(5)6)102-85(90)70-64-58-52-46-40-33-27-24-23-25-30-35-41-47-53-59-65-77(3)4/h77-81,86H,7-76H2,1-6H3,(H,91,92)(H,93,94)/t79-,80+,81+/m0/s1. The second kappa shape index (κ2) is 76.4. The van der Waals surface area contributed by atoms with E-state index in [1.54, 1.807) is 0 Å². The van der Waals surface area contributed by atoms with Crippen LogP contribution in [-0.2, 0) is 65.4 Å². The maximum Gasteiger partial charge on any atom is 0.472 e. The van der Waals surface area contributed by atoms with Crippen LogP contribution in [0.25, 0.3) is 0 Å². The molecule has 0 radical (unpaired) electrons. The van der Waals surface area contributed by atoms with Crippen LogP contribution in [0.3, 0.4) is 0 Å². The van der Waals surface area contributed by atoms with Crippen LogP contribution in [0.15, 0.2) is 0 Å². The zero-order valence-corrected chi connectivity index (χ0v) is 70.1. The maximum absolute atomic E-state index is 13.1. The maximum atomic E-state index is 13.1. The van der Waals surface area contributed by atoms with E-state index >= 15 is 0 Å². The van der Waals surface area contributed by atoms with E-state index in [0.29, 0.717) is 25.7 Å². The van der Waals surface area contributed by atoms with E-state index < -0.39 is 97.5 Å². The van der Waals surface area contributed by atoms with Crippen molar-refractivity contribution in [3.05, 3.63) is 0 Å². The predicted octanol–water partition coefficient (Wildman–Crippen LogP) is 25.8. The highest BCUT2D eigenvalue weighted by Gasteiger charge is 2.30. The van der Waals surface area contributed by atoms with Crippen molar-refractivity contribution in [3.8, 4) is 0 Å². The van der Waals surface area contributed by atoms with Crippen molar-refractivity contribution in [2.75, 3.05) is 39.6 Å². The van der Waals surface area contributed by atoms with E-state index in [9.17, 15) is 43.2 Å². The third-order valence-electron chi connectivity index (χ3n) is 20.0. The molecule has 2 unspecified atom stereocenters. The molecule has 5 atom stereocenters. The Bertz CT molecular complexity index is 1990. The molecule has 19 heteroatoms. The Labute approximate surface area is 638 Å². The molecule has 0 spiro atoms. The molecule has 0 heterocycles. The number of hydrogen-bond acceptors (Lipinski definition) is 15. The molecule has 17 nitrogen and oxygen atoms in total. The van der Waals surface area contributed by atoms with Crippen LogP contribution in [0, 0.1) is 11.8 Å². The zero-order chi connectivity index (χ0) is 76.4. The second-order valence-electron chi connectivity index (χ2n) is 31.5. The van der Waals surface area contributed by atoms with Gasteiger partial charge in [-0.2, -0.15) is 0 Å². The molecule has 0 aromatic heterocycles. The summed E-state index contributed by atoms with van der Waals surface area (Å²) in [4.78, 5) is 73.2. The number of rotatable bonds is 84. The van der Waals surface area contributed by atoms with Gasteiger partial charge >= 0.3 is 39.5 Å². The van der Waals surface area contributed by atoms with E-state index in [4.69, 9.17) is 37.0 Å². The van der Waals surface area contributed by atoms with Crippen LogP contribution in [-0.4, -0.2) is 96.7 Å². The van der Waals surface area contributed by atoms with Gasteiger partial charge in [-0.05, 0) is 37.5 Å². The number of carbonyl (C=O) groups is 4. The van der Waals surface area contributed by atoms with Gasteiger partial charge in [0.15, 0.2) is 12.2 Å². The van der Waals surface area contributed by atoms with Crippen LogP contribution >= 0.6 is 15.6 Å². The first kappa shape index (κ1) is 102. The van der Waals surface area contributed by atoms with Crippen LogP contribution in [0.2, 0.25) is 0 Å². The average Bonchev–Trinajstić information content (AvgIpc) is 0.914. The minimum atomic E-state index is -4.97. The molecule has 0 aliphatic carbocycles. The number of phosphoric ester groups is 2. The van der Waals surface area contributed by atoms with Crippen molar-refractivity contribution >= 4 is 39.5 Å². The van der Waals surface area contributed by atoms with Gasteiger partial charge in [-0.25, -0.2) is 9.13 Å². The molecule has 0 fully saturated rings. The van der Waals surface area contributed by atoms with E-state index in [2.05, 4.69) is 41.5 Å². The molecule has 0 bridgehead atoms. The molecule has 0 aliphatic rings. The number of aliphatic hydroxyl groups excluding tert-OH is 1. The predicted molar refractivity (Wildman–Crippen MR) is 428 cm³/mol. The van der Waals surface area contributed by atoms with Crippen LogP contribution in [0.5, 0.6) is 0 Å². The summed E-state index contributed by atoms with van der Waals surface area (Å²) in [5.74, 6) is -0.499. The monoisotopic (exact) mass is 1520 g/mol. The molecule has 0 saturated heterocycles. The second-order valence-corrected chi connectivity index (χ2v) is 34.4. The average molecular weight is 1520 g/mol. The lowest BCUT2D eigenvalue weighted by atomic mass is 10.0. The quantitative estimate of drug-likeness (QED) is 0.0222. The normalized spacial score (nSPS) is 13.8. The Kier molecular flexibility index (Phi) is 75.0. The fourth-order valence-electron chi connectivity index (χ4n) is 13.2. The number of unbranched alkanes of at least 4 members (excludes halogenated alkanes) is 54. The summed E-state index contributed by atoms with van der Waals surface area (Å²) in [6.07, 6.45) is 67.8. The smallest absolute Gasteiger partial charge is 0.462 e. The lowest BCUT2D eigenvalue weighted by molar-refractivity contribution is -0.161. The highest BCUT2D eigenvalue weighted by atomic mass is 31.2. The minimum Gasteiger partial charge on any atom is -0.462 e. The lowest BCUT2D eigenvalue weighted by Gasteiger charge is -2.21. The van der Waals surface area contributed by atoms with Crippen LogP contribution < -0.4 is 0 Å². The van der Waals surface area contributed by atoms with Crippen molar-refractivity contribution in [2.45, 2.75) is 471 Å². The lowest BCUT2D eigenvalue weighted by Crippen LogP contribution is -2.30. The number of ether oxygens (including phenoxy) is 4. The van der Waals surface area contributed by atoms with Gasteiger partial charge < -0.3 is 33.8 Å². The fraction of sp³-hybridized carbons (Fsp3) is 0.953. The van der Waals surface area contributed by atoms with Crippen molar-refractivity contribution in [1.29, 1.82) is 0 Å². The van der Waals surface area contributed by atoms with Gasteiger partial charge in [-0.1, -0.05) is 401 Å². The molecular weight excluding hydrogens is 1350 g/mol. The molecule has 0 amide bonds. The van der Waals surface area contributed by atoms with Gasteiger partial charge in [0.25, 0.3) is 0 Å². The molecule has 0 rings (SSSR count). The minimum absolute atomic E-state index is 0.108. The number of carbonyl (C=O) groups excluding carboxylic acids is 4. The molecule has 618 valence electrons. The third kappa shape index (κ3) is 78.2.